The number of halogens is 1. The molecule has 0 bridgehead atoms. The fourth-order valence-electron chi connectivity index (χ4n) is 1.75. The van der Waals surface area contributed by atoms with Gasteiger partial charge in [-0.1, -0.05) is 6.07 Å². The first-order valence-electron chi connectivity index (χ1n) is 5.55. The molecule has 104 valence electrons. The first-order chi connectivity index (χ1) is 9.45. The van der Waals surface area contributed by atoms with Crippen molar-refractivity contribution >= 4 is 12.0 Å². The summed E-state index contributed by atoms with van der Waals surface area (Å²) in [5.74, 6) is -1.50. The summed E-state index contributed by atoms with van der Waals surface area (Å²) in [6.07, 6.45) is 0.504. The number of carbonyl (C=O) groups excluding carboxylic acids is 1. The molecule has 0 amide bonds. The van der Waals surface area contributed by atoms with Crippen molar-refractivity contribution in [3.05, 3.63) is 45.4 Å². The largest absolute Gasteiger partial charge is 0.428 e. The molecular formula is C12H10FN3O4. The summed E-state index contributed by atoms with van der Waals surface area (Å²) in [7, 11) is 1.49. The van der Waals surface area contributed by atoms with Gasteiger partial charge in [0.15, 0.2) is 12.1 Å². The number of nitro groups is 1. The van der Waals surface area contributed by atoms with Crippen LogP contribution in [0.15, 0.2) is 18.2 Å². The Morgan fingerprint density at radius 2 is 2.20 bits per heavy atom. The number of nitro benzene ring substituents is 1. The number of aromatic nitrogens is 2. The molecule has 0 atom stereocenters. The molecule has 0 spiro atoms. The summed E-state index contributed by atoms with van der Waals surface area (Å²) in [4.78, 5) is 21.1. The molecule has 1 aromatic carbocycles. The van der Waals surface area contributed by atoms with Crippen LogP contribution in [-0.2, 0) is 7.05 Å². The number of aryl methyl sites for hydroxylation is 2. The van der Waals surface area contributed by atoms with Gasteiger partial charge in [-0.05, 0) is 13.0 Å². The zero-order valence-corrected chi connectivity index (χ0v) is 10.7. The maximum absolute atomic E-state index is 13.7. The summed E-state index contributed by atoms with van der Waals surface area (Å²) in [5, 5.41) is 14.8. The highest BCUT2D eigenvalue weighted by Gasteiger charge is 2.24. The van der Waals surface area contributed by atoms with E-state index in [2.05, 4.69) is 5.10 Å². The molecular weight excluding hydrogens is 269 g/mol. The Balaban J connectivity index is 2.56. The van der Waals surface area contributed by atoms with E-state index >= 15 is 0 Å². The standard InChI is InChI=1S/C12H10FN3O4/c1-7-8(6-17)12(15(2)14-7)20-11-9(13)4-3-5-10(11)16(18)19/h3-6H,1-2H3. The van der Waals surface area contributed by atoms with Gasteiger partial charge in [0, 0.05) is 13.1 Å². The van der Waals surface area contributed by atoms with Crippen molar-refractivity contribution in [2.75, 3.05) is 0 Å². The van der Waals surface area contributed by atoms with Crippen molar-refractivity contribution in [2.45, 2.75) is 6.92 Å². The van der Waals surface area contributed by atoms with Gasteiger partial charge in [0.05, 0.1) is 16.2 Å². The number of hydrogen-bond donors (Lipinski definition) is 0. The highest BCUT2D eigenvalue weighted by molar-refractivity contribution is 5.80. The second kappa shape index (κ2) is 5.08. The molecule has 20 heavy (non-hydrogen) atoms. The first kappa shape index (κ1) is 13.7. The van der Waals surface area contributed by atoms with E-state index in [1.54, 1.807) is 6.92 Å². The molecule has 0 radical (unpaired) electrons. The van der Waals surface area contributed by atoms with Crippen LogP contribution in [0.1, 0.15) is 16.1 Å². The smallest absolute Gasteiger partial charge is 0.314 e. The Morgan fingerprint density at radius 1 is 1.50 bits per heavy atom. The summed E-state index contributed by atoms with van der Waals surface area (Å²) < 4.78 is 20.2. The predicted molar refractivity (Wildman–Crippen MR) is 66.5 cm³/mol. The van der Waals surface area contributed by atoms with Gasteiger partial charge >= 0.3 is 5.69 Å². The molecule has 0 fully saturated rings. The Hall–Kier alpha value is -2.77. The van der Waals surface area contributed by atoms with Crippen LogP contribution in [0.2, 0.25) is 0 Å². The second-order valence-corrected chi connectivity index (χ2v) is 3.99. The molecule has 0 N–H and O–H groups in total. The van der Waals surface area contributed by atoms with Crippen molar-refractivity contribution in [2.24, 2.45) is 7.05 Å². The van der Waals surface area contributed by atoms with E-state index in [1.165, 1.54) is 17.8 Å². The van der Waals surface area contributed by atoms with Crippen LogP contribution >= 0.6 is 0 Å². The van der Waals surface area contributed by atoms with E-state index in [0.717, 1.165) is 12.1 Å². The quantitative estimate of drug-likeness (QED) is 0.487. The van der Waals surface area contributed by atoms with Gasteiger partial charge in [0.2, 0.25) is 11.6 Å². The van der Waals surface area contributed by atoms with Crippen molar-refractivity contribution in [3.8, 4) is 11.6 Å². The number of nitrogens with zero attached hydrogens (tertiary/aromatic N) is 3. The third kappa shape index (κ3) is 2.22. The fraction of sp³-hybridized carbons (Fsp3) is 0.167. The van der Waals surface area contributed by atoms with E-state index in [-0.39, 0.29) is 11.4 Å². The van der Waals surface area contributed by atoms with Gasteiger partial charge in [-0.15, -0.1) is 0 Å². The van der Waals surface area contributed by atoms with E-state index in [1.807, 2.05) is 0 Å². The number of carbonyl (C=O) groups is 1. The van der Waals surface area contributed by atoms with E-state index in [4.69, 9.17) is 4.74 Å². The summed E-state index contributed by atoms with van der Waals surface area (Å²) in [5.41, 5.74) is -0.0257. The van der Waals surface area contributed by atoms with Crippen LogP contribution < -0.4 is 4.74 Å². The highest BCUT2D eigenvalue weighted by atomic mass is 19.1. The average molecular weight is 279 g/mol. The zero-order valence-electron chi connectivity index (χ0n) is 10.7. The van der Waals surface area contributed by atoms with Crippen molar-refractivity contribution in [1.29, 1.82) is 0 Å². The summed E-state index contributed by atoms with van der Waals surface area (Å²) in [6, 6.07) is 3.35. The van der Waals surface area contributed by atoms with Gasteiger partial charge in [0.25, 0.3) is 0 Å². The van der Waals surface area contributed by atoms with Crippen molar-refractivity contribution in [1.82, 2.24) is 9.78 Å². The number of rotatable bonds is 4. The number of ether oxygens (including phenoxy) is 1. The lowest BCUT2D eigenvalue weighted by atomic mass is 10.2. The zero-order chi connectivity index (χ0) is 14.9. The molecule has 0 aliphatic heterocycles. The molecule has 1 heterocycles. The third-order valence-electron chi connectivity index (χ3n) is 2.67. The number of benzene rings is 1. The van der Waals surface area contributed by atoms with Crippen LogP contribution in [0, 0.1) is 22.9 Å². The van der Waals surface area contributed by atoms with Crippen molar-refractivity contribution in [3.63, 3.8) is 0 Å². The number of aldehydes is 1. The lowest BCUT2D eigenvalue weighted by Gasteiger charge is -2.07. The lowest BCUT2D eigenvalue weighted by molar-refractivity contribution is -0.385. The van der Waals surface area contributed by atoms with Gasteiger partial charge in [-0.2, -0.15) is 5.10 Å². The monoisotopic (exact) mass is 279 g/mol. The van der Waals surface area contributed by atoms with E-state index in [9.17, 15) is 19.3 Å². The minimum absolute atomic E-state index is 0.0503. The fourth-order valence-corrected chi connectivity index (χ4v) is 1.75. The number of hydrogen-bond acceptors (Lipinski definition) is 5. The Kier molecular flexibility index (Phi) is 3.47. The number of para-hydroxylation sites is 1. The van der Waals surface area contributed by atoms with E-state index < -0.39 is 22.2 Å². The molecule has 0 aliphatic carbocycles. The lowest BCUT2D eigenvalue weighted by Crippen LogP contribution is -2.01. The van der Waals surface area contributed by atoms with Crippen LogP contribution in [0.25, 0.3) is 0 Å². The third-order valence-corrected chi connectivity index (χ3v) is 2.67. The predicted octanol–water partition coefficient (Wildman–Crippen LogP) is 2.38. The minimum atomic E-state index is -0.894. The maximum Gasteiger partial charge on any atom is 0.314 e. The molecule has 2 aromatic rings. The maximum atomic E-state index is 13.7. The highest BCUT2D eigenvalue weighted by Crippen LogP contribution is 2.35. The molecule has 0 saturated heterocycles. The Morgan fingerprint density at radius 3 is 2.80 bits per heavy atom. The summed E-state index contributed by atoms with van der Waals surface area (Å²) >= 11 is 0. The van der Waals surface area contributed by atoms with Crippen LogP contribution in [-0.4, -0.2) is 21.0 Å². The van der Waals surface area contributed by atoms with E-state index in [0.29, 0.717) is 12.0 Å². The van der Waals surface area contributed by atoms with Gasteiger partial charge < -0.3 is 4.74 Å². The average Bonchev–Trinajstić information content (AvgIpc) is 2.65. The topological polar surface area (TPSA) is 87.3 Å². The van der Waals surface area contributed by atoms with Crippen molar-refractivity contribution < 1.29 is 18.8 Å². The second-order valence-electron chi connectivity index (χ2n) is 3.99. The molecule has 0 saturated carbocycles. The molecule has 8 heteroatoms. The van der Waals surface area contributed by atoms with Crippen LogP contribution in [0.4, 0.5) is 10.1 Å². The van der Waals surface area contributed by atoms with Gasteiger partial charge in [-0.25, -0.2) is 9.07 Å². The normalized spacial score (nSPS) is 10.3. The van der Waals surface area contributed by atoms with Gasteiger partial charge in [-0.3, -0.25) is 14.9 Å². The SMILES string of the molecule is Cc1nn(C)c(Oc2c(F)cccc2[N+](=O)[O-])c1C=O. The van der Waals surface area contributed by atoms with Crippen LogP contribution in [0.5, 0.6) is 11.6 Å². The molecule has 0 unspecified atom stereocenters. The Labute approximate surface area is 112 Å². The van der Waals surface area contributed by atoms with Gasteiger partial charge in [0.1, 0.15) is 0 Å². The van der Waals surface area contributed by atoms with Crippen LogP contribution in [0.3, 0.4) is 0 Å². The first-order valence-corrected chi connectivity index (χ1v) is 5.55. The molecule has 7 nitrogen and oxygen atoms in total. The molecule has 1 aromatic heterocycles. The minimum Gasteiger partial charge on any atom is -0.428 e. The Bertz CT molecular complexity index is 696. The molecule has 2 rings (SSSR count). The summed E-state index contributed by atoms with van der Waals surface area (Å²) in [6.45, 7) is 1.58. The molecule has 0 aliphatic rings.